The number of rotatable bonds is 4. The molecule has 0 atom stereocenters. The van der Waals surface area contributed by atoms with Gasteiger partial charge in [0.05, 0.1) is 12.8 Å². The van der Waals surface area contributed by atoms with Crippen LogP contribution in [0.4, 0.5) is 10.8 Å². The molecule has 3 aromatic rings. The molecule has 1 amide bonds. The number of hydrogen-bond acceptors (Lipinski definition) is 4. The summed E-state index contributed by atoms with van der Waals surface area (Å²) in [5.74, 6) is 0.451. The molecule has 3 rings (SSSR count). The van der Waals surface area contributed by atoms with E-state index >= 15 is 0 Å². The maximum atomic E-state index is 13.0. The molecule has 1 aromatic heterocycles. The molecule has 0 saturated heterocycles. The van der Waals surface area contributed by atoms with Crippen molar-refractivity contribution in [1.29, 1.82) is 0 Å². The third-order valence-electron chi connectivity index (χ3n) is 3.22. The monoisotopic (exact) mass is 344 g/mol. The number of hydrogen-bond donors (Lipinski definition) is 0. The highest BCUT2D eigenvalue weighted by atomic mass is 35.5. The zero-order chi connectivity index (χ0) is 16.2. The van der Waals surface area contributed by atoms with Crippen LogP contribution in [0.5, 0.6) is 5.75 Å². The lowest BCUT2D eigenvalue weighted by Crippen LogP contribution is -2.25. The second kappa shape index (κ2) is 6.81. The van der Waals surface area contributed by atoms with Crippen LogP contribution in [0.2, 0.25) is 5.02 Å². The minimum absolute atomic E-state index is 0.179. The third-order valence-corrected chi connectivity index (χ3v) is 4.22. The Hall–Kier alpha value is -2.37. The van der Waals surface area contributed by atoms with Crippen molar-refractivity contribution in [2.45, 2.75) is 0 Å². The van der Waals surface area contributed by atoms with E-state index in [1.54, 1.807) is 66.7 Å². The molecule has 0 N–H and O–H groups in total. The van der Waals surface area contributed by atoms with Gasteiger partial charge in [-0.3, -0.25) is 9.69 Å². The molecule has 6 heteroatoms. The third kappa shape index (κ3) is 3.36. The van der Waals surface area contributed by atoms with Gasteiger partial charge < -0.3 is 4.74 Å². The molecule has 0 bridgehead atoms. The Kier molecular flexibility index (Phi) is 4.60. The summed E-state index contributed by atoms with van der Waals surface area (Å²) in [7, 11) is 1.57. The standard InChI is InChI=1S/C17H13ClN2O2S/c1-22-15-4-2-3-12(11-15)16(21)20(17-19-9-10-23-17)14-7-5-13(18)6-8-14/h2-11H,1H3. The number of carbonyl (C=O) groups excluding carboxylic acids is 1. The fourth-order valence-corrected chi connectivity index (χ4v) is 2.90. The maximum Gasteiger partial charge on any atom is 0.264 e. The van der Waals surface area contributed by atoms with Gasteiger partial charge in [0, 0.05) is 22.2 Å². The summed E-state index contributed by atoms with van der Waals surface area (Å²) in [5.41, 5.74) is 1.23. The number of amides is 1. The molecule has 2 aromatic carbocycles. The van der Waals surface area contributed by atoms with Crippen LogP contribution < -0.4 is 9.64 Å². The van der Waals surface area contributed by atoms with E-state index in [9.17, 15) is 4.79 Å². The summed E-state index contributed by atoms with van der Waals surface area (Å²) >= 11 is 7.34. The van der Waals surface area contributed by atoms with Gasteiger partial charge in [0.2, 0.25) is 0 Å². The molecule has 0 aliphatic rings. The smallest absolute Gasteiger partial charge is 0.264 e. The summed E-state index contributed by atoms with van der Waals surface area (Å²) in [6, 6.07) is 14.1. The van der Waals surface area contributed by atoms with Crippen LogP contribution >= 0.6 is 22.9 Å². The first-order valence-electron chi connectivity index (χ1n) is 6.82. The van der Waals surface area contributed by atoms with Gasteiger partial charge in [-0.25, -0.2) is 4.98 Å². The Morgan fingerprint density at radius 3 is 2.65 bits per heavy atom. The highest BCUT2D eigenvalue weighted by Crippen LogP contribution is 2.30. The molecule has 0 radical (unpaired) electrons. The summed E-state index contributed by atoms with van der Waals surface area (Å²) in [4.78, 5) is 18.8. The lowest BCUT2D eigenvalue weighted by molar-refractivity contribution is 0.0999. The summed E-state index contributed by atoms with van der Waals surface area (Å²) in [6.07, 6.45) is 1.67. The number of thiazole rings is 1. The van der Waals surface area contributed by atoms with Crippen LogP contribution in [-0.2, 0) is 0 Å². The van der Waals surface area contributed by atoms with Gasteiger partial charge in [0.1, 0.15) is 5.75 Å². The number of carbonyl (C=O) groups is 1. The van der Waals surface area contributed by atoms with E-state index in [1.807, 2.05) is 5.38 Å². The zero-order valence-corrected chi connectivity index (χ0v) is 13.8. The van der Waals surface area contributed by atoms with Crippen LogP contribution in [0.1, 0.15) is 10.4 Å². The maximum absolute atomic E-state index is 13.0. The van der Waals surface area contributed by atoms with E-state index in [1.165, 1.54) is 11.3 Å². The molecular formula is C17H13ClN2O2S. The molecule has 0 aliphatic heterocycles. The zero-order valence-electron chi connectivity index (χ0n) is 12.3. The molecule has 1 heterocycles. The van der Waals surface area contributed by atoms with Gasteiger partial charge in [0.25, 0.3) is 5.91 Å². The number of nitrogens with zero attached hydrogens (tertiary/aromatic N) is 2. The van der Waals surface area contributed by atoms with Crippen molar-refractivity contribution in [1.82, 2.24) is 4.98 Å². The first-order valence-corrected chi connectivity index (χ1v) is 8.08. The highest BCUT2D eigenvalue weighted by Gasteiger charge is 2.22. The first kappa shape index (κ1) is 15.5. The number of aromatic nitrogens is 1. The molecule has 116 valence electrons. The van der Waals surface area contributed by atoms with E-state index in [4.69, 9.17) is 16.3 Å². The van der Waals surface area contributed by atoms with Crippen molar-refractivity contribution in [2.75, 3.05) is 12.0 Å². The van der Waals surface area contributed by atoms with E-state index in [0.717, 1.165) is 0 Å². The van der Waals surface area contributed by atoms with Crippen LogP contribution in [0.15, 0.2) is 60.1 Å². The Balaban J connectivity index is 2.04. The van der Waals surface area contributed by atoms with Crippen LogP contribution in [0, 0.1) is 0 Å². The SMILES string of the molecule is COc1cccc(C(=O)N(c2ccc(Cl)cc2)c2nccs2)c1. The Bertz CT molecular complexity index is 804. The largest absolute Gasteiger partial charge is 0.497 e. The van der Waals surface area contributed by atoms with Gasteiger partial charge in [-0.05, 0) is 42.5 Å². The predicted molar refractivity (Wildman–Crippen MR) is 93.0 cm³/mol. The van der Waals surface area contributed by atoms with E-state index in [0.29, 0.717) is 27.2 Å². The van der Waals surface area contributed by atoms with Crippen molar-refractivity contribution < 1.29 is 9.53 Å². The molecule has 0 unspecified atom stereocenters. The average Bonchev–Trinajstić information content (AvgIpc) is 3.11. The van der Waals surface area contributed by atoms with E-state index in [2.05, 4.69) is 4.98 Å². The van der Waals surface area contributed by atoms with Crippen molar-refractivity contribution in [3.05, 3.63) is 70.7 Å². The quantitative estimate of drug-likeness (QED) is 0.683. The van der Waals surface area contributed by atoms with Crippen LogP contribution in [-0.4, -0.2) is 18.0 Å². The second-order valence-electron chi connectivity index (χ2n) is 4.66. The Morgan fingerprint density at radius 2 is 2.00 bits per heavy atom. The summed E-state index contributed by atoms with van der Waals surface area (Å²) in [6.45, 7) is 0. The lowest BCUT2D eigenvalue weighted by atomic mass is 10.1. The van der Waals surface area contributed by atoms with Crippen molar-refractivity contribution in [3.63, 3.8) is 0 Å². The van der Waals surface area contributed by atoms with Gasteiger partial charge in [-0.15, -0.1) is 11.3 Å². The molecule has 4 nitrogen and oxygen atoms in total. The minimum atomic E-state index is -0.179. The number of anilines is 2. The summed E-state index contributed by atoms with van der Waals surface area (Å²) < 4.78 is 5.20. The normalized spacial score (nSPS) is 10.3. The first-order chi connectivity index (χ1) is 11.2. The molecule has 23 heavy (non-hydrogen) atoms. The predicted octanol–water partition coefficient (Wildman–Crippen LogP) is 4.78. The second-order valence-corrected chi connectivity index (χ2v) is 5.97. The topological polar surface area (TPSA) is 42.4 Å². The van der Waals surface area contributed by atoms with Gasteiger partial charge >= 0.3 is 0 Å². The minimum Gasteiger partial charge on any atom is -0.497 e. The van der Waals surface area contributed by atoms with E-state index in [-0.39, 0.29) is 5.91 Å². The molecule has 0 spiro atoms. The van der Waals surface area contributed by atoms with Gasteiger partial charge in [-0.2, -0.15) is 0 Å². The summed E-state index contributed by atoms with van der Waals surface area (Å²) in [5, 5.41) is 3.04. The fourth-order valence-electron chi connectivity index (χ4n) is 2.12. The van der Waals surface area contributed by atoms with Crippen molar-refractivity contribution >= 4 is 39.7 Å². The number of methoxy groups -OCH3 is 1. The Labute approximate surface area is 142 Å². The molecule has 0 aliphatic carbocycles. The van der Waals surface area contributed by atoms with E-state index < -0.39 is 0 Å². The molecule has 0 fully saturated rings. The fraction of sp³-hybridized carbons (Fsp3) is 0.0588. The average molecular weight is 345 g/mol. The molecule has 0 saturated carbocycles. The number of benzene rings is 2. The van der Waals surface area contributed by atoms with Gasteiger partial charge in [0.15, 0.2) is 5.13 Å². The highest BCUT2D eigenvalue weighted by molar-refractivity contribution is 7.13. The number of ether oxygens (including phenoxy) is 1. The van der Waals surface area contributed by atoms with Crippen molar-refractivity contribution in [3.8, 4) is 5.75 Å². The van der Waals surface area contributed by atoms with Crippen LogP contribution in [0.25, 0.3) is 0 Å². The number of halogens is 1. The van der Waals surface area contributed by atoms with Crippen LogP contribution in [0.3, 0.4) is 0 Å². The Morgan fingerprint density at radius 1 is 1.22 bits per heavy atom. The molecular weight excluding hydrogens is 332 g/mol. The lowest BCUT2D eigenvalue weighted by Gasteiger charge is -2.20. The van der Waals surface area contributed by atoms with Crippen molar-refractivity contribution in [2.24, 2.45) is 0 Å². The van der Waals surface area contributed by atoms with Gasteiger partial charge in [-0.1, -0.05) is 17.7 Å².